The highest BCUT2D eigenvalue weighted by atomic mass is 32.2. The summed E-state index contributed by atoms with van der Waals surface area (Å²) in [5.41, 5.74) is 2.42. The zero-order valence-corrected chi connectivity index (χ0v) is 16.1. The van der Waals surface area contributed by atoms with E-state index in [2.05, 4.69) is 73.8 Å². The van der Waals surface area contributed by atoms with Gasteiger partial charge in [0, 0.05) is 24.9 Å². The first-order valence-corrected chi connectivity index (χ1v) is 9.28. The number of aliphatic imine (C=N–C) groups is 1. The maximum absolute atomic E-state index is 5.66. The molecule has 0 saturated heterocycles. The Balaban J connectivity index is 2.51. The Morgan fingerprint density at radius 2 is 1.96 bits per heavy atom. The van der Waals surface area contributed by atoms with Gasteiger partial charge in [-0.1, -0.05) is 24.3 Å². The summed E-state index contributed by atoms with van der Waals surface area (Å²) in [4.78, 5) is 4.28. The molecular formula is C18H31N3OS. The van der Waals surface area contributed by atoms with Gasteiger partial charge in [0.25, 0.3) is 0 Å². The van der Waals surface area contributed by atoms with Crippen LogP contribution in [0.5, 0.6) is 0 Å². The summed E-state index contributed by atoms with van der Waals surface area (Å²) in [7, 11) is 1.80. The second kappa shape index (κ2) is 9.83. The van der Waals surface area contributed by atoms with Crippen LogP contribution in [0.15, 0.2) is 29.3 Å². The highest BCUT2D eigenvalue weighted by Gasteiger charge is 2.15. The Morgan fingerprint density at radius 1 is 1.26 bits per heavy atom. The second-order valence-corrected chi connectivity index (χ2v) is 7.94. The Kier molecular flexibility index (Phi) is 8.48. The van der Waals surface area contributed by atoms with E-state index in [4.69, 9.17) is 4.74 Å². The monoisotopic (exact) mass is 337 g/mol. The Labute approximate surface area is 145 Å². The van der Waals surface area contributed by atoms with Crippen molar-refractivity contribution in [2.24, 2.45) is 4.99 Å². The van der Waals surface area contributed by atoms with Crippen molar-refractivity contribution in [1.82, 2.24) is 10.6 Å². The van der Waals surface area contributed by atoms with Crippen molar-refractivity contribution >= 4 is 17.7 Å². The fraction of sp³-hybridized carbons (Fsp3) is 0.611. The molecule has 1 aromatic carbocycles. The van der Waals surface area contributed by atoms with Crippen molar-refractivity contribution in [3.8, 4) is 0 Å². The van der Waals surface area contributed by atoms with Gasteiger partial charge in [0.05, 0.1) is 12.7 Å². The van der Waals surface area contributed by atoms with Crippen LogP contribution in [0, 0.1) is 0 Å². The highest BCUT2D eigenvalue weighted by molar-refractivity contribution is 7.99. The number of guanidine groups is 1. The van der Waals surface area contributed by atoms with Crippen LogP contribution in [-0.4, -0.2) is 36.7 Å². The van der Waals surface area contributed by atoms with Crippen molar-refractivity contribution < 1.29 is 4.74 Å². The molecule has 4 nitrogen and oxygen atoms in total. The van der Waals surface area contributed by atoms with E-state index in [0.717, 1.165) is 19.0 Å². The maximum Gasteiger partial charge on any atom is 0.191 e. The number of nitrogens with zero attached hydrogens (tertiary/aromatic N) is 1. The van der Waals surface area contributed by atoms with E-state index in [-0.39, 0.29) is 10.9 Å². The molecule has 0 fully saturated rings. The zero-order chi connectivity index (χ0) is 17.3. The summed E-state index contributed by atoms with van der Waals surface area (Å²) in [5.74, 6) is 0.830. The summed E-state index contributed by atoms with van der Waals surface area (Å²) in [6.45, 7) is 10.8. The third-order valence-corrected chi connectivity index (χ3v) is 4.74. The SMILES string of the molecule is CN=C(NCc1cccc(COC(C)C)c1)NCC(C)(C)SC. The third-order valence-electron chi connectivity index (χ3n) is 3.49. The largest absolute Gasteiger partial charge is 0.374 e. The first-order valence-electron chi connectivity index (χ1n) is 8.05. The normalized spacial score (nSPS) is 12.6. The lowest BCUT2D eigenvalue weighted by Gasteiger charge is -2.23. The lowest BCUT2D eigenvalue weighted by molar-refractivity contribution is 0.0657. The smallest absolute Gasteiger partial charge is 0.191 e. The molecule has 0 bridgehead atoms. The van der Waals surface area contributed by atoms with Gasteiger partial charge in [0.15, 0.2) is 5.96 Å². The standard InChI is InChI=1S/C18H31N3OS/c1-14(2)22-12-16-9-7-8-15(10-16)11-20-17(19-5)21-13-18(3,4)23-6/h7-10,14H,11-13H2,1-6H3,(H2,19,20,21). The second-order valence-electron chi connectivity index (χ2n) is 6.42. The molecule has 0 radical (unpaired) electrons. The first-order chi connectivity index (χ1) is 10.9. The van der Waals surface area contributed by atoms with E-state index < -0.39 is 0 Å². The summed E-state index contributed by atoms with van der Waals surface area (Å²) in [5, 5.41) is 6.74. The molecule has 2 N–H and O–H groups in total. The molecule has 0 amide bonds. The van der Waals surface area contributed by atoms with Crippen molar-refractivity contribution in [3.05, 3.63) is 35.4 Å². The van der Waals surface area contributed by atoms with Crippen LogP contribution in [0.4, 0.5) is 0 Å². The number of ether oxygens (including phenoxy) is 1. The molecule has 23 heavy (non-hydrogen) atoms. The number of benzene rings is 1. The third kappa shape index (κ3) is 8.28. The topological polar surface area (TPSA) is 45.7 Å². The van der Waals surface area contributed by atoms with Crippen molar-refractivity contribution in [1.29, 1.82) is 0 Å². The molecule has 1 rings (SSSR count). The van der Waals surface area contributed by atoms with Crippen LogP contribution in [-0.2, 0) is 17.9 Å². The van der Waals surface area contributed by atoms with Crippen molar-refractivity contribution in [2.75, 3.05) is 19.8 Å². The van der Waals surface area contributed by atoms with Gasteiger partial charge in [-0.2, -0.15) is 11.8 Å². The van der Waals surface area contributed by atoms with Gasteiger partial charge >= 0.3 is 0 Å². The minimum atomic E-state index is 0.186. The molecule has 0 spiro atoms. The molecule has 0 atom stereocenters. The molecule has 0 unspecified atom stereocenters. The van der Waals surface area contributed by atoms with Gasteiger partial charge in [0.2, 0.25) is 0 Å². The van der Waals surface area contributed by atoms with Crippen LogP contribution in [0.25, 0.3) is 0 Å². The summed E-state index contributed by atoms with van der Waals surface area (Å²) in [6.07, 6.45) is 2.38. The molecular weight excluding hydrogens is 306 g/mol. The average molecular weight is 338 g/mol. The Bertz CT molecular complexity index is 501. The number of rotatable bonds is 8. The zero-order valence-electron chi connectivity index (χ0n) is 15.3. The van der Waals surface area contributed by atoms with Crippen LogP contribution >= 0.6 is 11.8 Å². The molecule has 0 aromatic heterocycles. The Hall–Kier alpha value is -1.20. The number of thioether (sulfide) groups is 1. The van der Waals surface area contributed by atoms with Gasteiger partial charge in [-0.05, 0) is 45.1 Å². The van der Waals surface area contributed by atoms with E-state index in [1.54, 1.807) is 7.05 Å². The van der Waals surface area contributed by atoms with Gasteiger partial charge in [-0.3, -0.25) is 4.99 Å². The number of hydrogen-bond donors (Lipinski definition) is 2. The average Bonchev–Trinajstić information content (AvgIpc) is 2.53. The predicted molar refractivity (Wildman–Crippen MR) is 102 cm³/mol. The van der Waals surface area contributed by atoms with Crippen LogP contribution < -0.4 is 10.6 Å². The lowest BCUT2D eigenvalue weighted by Crippen LogP contribution is -2.42. The van der Waals surface area contributed by atoms with E-state index in [9.17, 15) is 0 Å². The van der Waals surface area contributed by atoms with Gasteiger partial charge in [-0.25, -0.2) is 0 Å². The fourth-order valence-corrected chi connectivity index (χ4v) is 2.08. The minimum absolute atomic E-state index is 0.186. The molecule has 0 aliphatic heterocycles. The van der Waals surface area contributed by atoms with Crippen LogP contribution in [0.3, 0.4) is 0 Å². The van der Waals surface area contributed by atoms with Crippen molar-refractivity contribution in [2.45, 2.75) is 51.7 Å². The minimum Gasteiger partial charge on any atom is -0.374 e. The molecule has 130 valence electrons. The summed E-state index contributed by atoms with van der Waals surface area (Å²) < 4.78 is 5.85. The molecule has 0 aliphatic rings. The molecule has 0 heterocycles. The van der Waals surface area contributed by atoms with Gasteiger partial charge < -0.3 is 15.4 Å². The van der Waals surface area contributed by atoms with E-state index in [1.165, 1.54) is 11.1 Å². The quantitative estimate of drug-likeness (QED) is 0.564. The van der Waals surface area contributed by atoms with Crippen LogP contribution in [0.2, 0.25) is 0 Å². The lowest BCUT2D eigenvalue weighted by atomic mass is 10.1. The summed E-state index contributed by atoms with van der Waals surface area (Å²) >= 11 is 1.84. The summed E-state index contributed by atoms with van der Waals surface area (Å²) in [6, 6.07) is 8.46. The van der Waals surface area contributed by atoms with Gasteiger partial charge in [-0.15, -0.1) is 0 Å². The highest BCUT2D eigenvalue weighted by Crippen LogP contribution is 2.19. The molecule has 0 saturated carbocycles. The molecule has 1 aromatic rings. The van der Waals surface area contributed by atoms with E-state index in [0.29, 0.717) is 6.61 Å². The predicted octanol–water partition coefficient (Wildman–Crippen LogP) is 3.42. The first kappa shape index (κ1) is 19.8. The van der Waals surface area contributed by atoms with E-state index >= 15 is 0 Å². The van der Waals surface area contributed by atoms with Gasteiger partial charge in [0.1, 0.15) is 0 Å². The molecule has 0 aliphatic carbocycles. The number of nitrogens with one attached hydrogen (secondary N) is 2. The molecule has 5 heteroatoms. The van der Waals surface area contributed by atoms with Crippen LogP contribution in [0.1, 0.15) is 38.8 Å². The van der Waals surface area contributed by atoms with E-state index in [1.807, 2.05) is 11.8 Å². The number of hydrogen-bond acceptors (Lipinski definition) is 3. The van der Waals surface area contributed by atoms with Crippen molar-refractivity contribution in [3.63, 3.8) is 0 Å². The maximum atomic E-state index is 5.66. The Morgan fingerprint density at radius 3 is 2.57 bits per heavy atom. The fourth-order valence-electron chi connectivity index (χ4n) is 1.87.